The van der Waals surface area contributed by atoms with Crippen molar-refractivity contribution in [2.75, 3.05) is 12.0 Å². The second kappa shape index (κ2) is 6.62. The zero-order valence-corrected chi connectivity index (χ0v) is 11.4. The summed E-state index contributed by atoms with van der Waals surface area (Å²) in [6.45, 7) is 0. The van der Waals surface area contributed by atoms with Crippen molar-refractivity contribution in [1.29, 1.82) is 0 Å². The van der Waals surface area contributed by atoms with Crippen molar-refractivity contribution in [3.63, 3.8) is 0 Å². The van der Waals surface area contributed by atoms with Crippen molar-refractivity contribution in [1.82, 2.24) is 0 Å². The Kier molecular flexibility index (Phi) is 4.85. The molecule has 0 aliphatic carbocycles. The molecule has 0 aromatic heterocycles. The van der Waals surface area contributed by atoms with Crippen molar-refractivity contribution in [2.45, 2.75) is 12.5 Å². The van der Waals surface area contributed by atoms with Crippen LogP contribution in [0, 0.1) is 0 Å². The second-order valence-electron chi connectivity index (χ2n) is 4.29. The Hall–Kier alpha value is -1.25. The van der Waals surface area contributed by atoms with E-state index in [-0.39, 0.29) is 6.10 Å². The highest BCUT2D eigenvalue weighted by Gasteiger charge is 2.06. The molecule has 94 valence electrons. The highest BCUT2D eigenvalue weighted by molar-refractivity contribution is 7.98. The van der Waals surface area contributed by atoms with Crippen LogP contribution in [-0.4, -0.2) is 17.1 Å². The number of thioether (sulfide) groups is 1. The van der Waals surface area contributed by atoms with Gasteiger partial charge in [-0.3, -0.25) is 0 Å². The normalized spacial score (nSPS) is 12.3. The van der Waals surface area contributed by atoms with Crippen molar-refractivity contribution < 1.29 is 5.11 Å². The third-order valence-electron chi connectivity index (χ3n) is 3.00. The molecule has 1 atom stereocenters. The molecule has 0 amide bonds. The maximum Gasteiger partial charge on any atom is 0.0797 e. The van der Waals surface area contributed by atoms with Crippen LogP contribution in [0.1, 0.15) is 18.1 Å². The smallest absolute Gasteiger partial charge is 0.0797 e. The molecule has 0 saturated carbocycles. The van der Waals surface area contributed by atoms with Gasteiger partial charge in [-0.2, -0.15) is 11.8 Å². The van der Waals surface area contributed by atoms with Crippen LogP contribution in [-0.2, 0) is 0 Å². The van der Waals surface area contributed by atoms with E-state index in [0.717, 1.165) is 17.7 Å². The van der Waals surface area contributed by atoms with Crippen LogP contribution in [0.25, 0.3) is 11.1 Å². The van der Waals surface area contributed by atoms with E-state index in [1.54, 1.807) is 11.8 Å². The Morgan fingerprint density at radius 1 is 0.944 bits per heavy atom. The van der Waals surface area contributed by atoms with Gasteiger partial charge in [-0.15, -0.1) is 0 Å². The molecular formula is C16H18OS. The zero-order valence-electron chi connectivity index (χ0n) is 10.5. The fourth-order valence-corrected chi connectivity index (χ4v) is 2.38. The minimum atomic E-state index is -0.345. The fourth-order valence-electron chi connectivity index (χ4n) is 1.92. The quantitative estimate of drug-likeness (QED) is 0.869. The Morgan fingerprint density at radius 2 is 1.56 bits per heavy atom. The third-order valence-corrected chi connectivity index (χ3v) is 3.64. The van der Waals surface area contributed by atoms with Gasteiger partial charge in [0.2, 0.25) is 0 Å². The first-order valence-electron chi connectivity index (χ1n) is 6.13. The van der Waals surface area contributed by atoms with Crippen molar-refractivity contribution in [3.05, 3.63) is 60.2 Å². The molecule has 1 nitrogen and oxygen atoms in total. The largest absolute Gasteiger partial charge is 0.388 e. The number of hydrogen-bond donors (Lipinski definition) is 1. The van der Waals surface area contributed by atoms with E-state index < -0.39 is 0 Å². The van der Waals surface area contributed by atoms with Gasteiger partial charge in [0, 0.05) is 0 Å². The lowest BCUT2D eigenvalue weighted by Gasteiger charge is -2.11. The maximum atomic E-state index is 10.00. The topological polar surface area (TPSA) is 20.2 Å². The molecule has 18 heavy (non-hydrogen) atoms. The predicted molar refractivity (Wildman–Crippen MR) is 79.8 cm³/mol. The number of benzene rings is 2. The molecule has 2 heteroatoms. The molecule has 0 fully saturated rings. The molecule has 1 unspecified atom stereocenters. The lowest BCUT2D eigenvalue weighted by atomic mass is 10.0. The van der Waals surface area contributed by atoms with Gasteiger partial charge in [0.05, 0.1) is 6.10 Å². The summed E-state index contributed by atoms with van der Waals surface area (Å²) < 4.78 is 0. The highest BCUT2D eigenvalue weighted by atomic mass is 32.2. The molecule has 0 heterocycles. The van der Waals surface area contributed by atoms with E-state index in [9.17, 15) is 5.11 Å². The second-order valence-corrected chi connectivity index (χ2v) is 5.27. The van der Waals surface area contributed by atoms with Gasteiger partial charge in [0.15, 0.2) is 0 Å². The van der Waals surface area contributed by atoms with Crippen molar-refractivity contribution in [3.8, 4) is 11.1 Å². The molecule has 0 bridgehead atoms. The summed E-state index contributed by atoms with van der Waals surface area (Å²) in [6.07, 6.45) is 2.53. The first kappa shape index (κ1) is 13.2. The van der Waals surface area contributed by atoms with Crippen LogP contribution in [0.15, 0.2) is 54.6 Å². The lowest BCUT2D eigenvalue weighted by Crippen LogP contribution is -1.98. The van der Waals surface area contributed by atoms with E-state index in [1.807, 2.05) is 30.3 Å². The third kappa shape index (κ3) is 3.37. The van der Waals surface area contributed by atoms with E-state index in [0.29, 0.717) is 0 Å². The highest BCUT2D eigenvalue weighted by Crippen LogP contribution is 2.23. The number of hydrogen-bond acceptors (Lipinski definition) is 2. The Labute approximate surface area is 113 Å². The monoisotopic (exact) mass is 258 g/mol. The summed E-state index contributed by atoms with van der Waals surface area (Å²) in [4.78, 5) is 0. The minimum Gasteiger partial charge on any atom is -0.388 e. The molecule has 2 rings (SSSR count). The first-order chi connectivity index (χ1) is 8.81. The fraction of sp³-hybridized carbons (Fsp3) is 0.250. The predicted octanol–water partition coefficient (Wildman–Crippen LogP) is 4.14. The van der Waals surface area contributed by atoms with Gasteiger partial charge >= 0.3 is 0 Å². The summed E-state index contributed by atoms with van der Waals surface area (Å²) in [7, 11) is 0. The molecule has 2 aromatic rings. The van der Waals surface area contributed by atoms with Gasteiger partial charge in [-0.05, 0) is 35.1 Å². The van der Waals surface area contributed by atoms with Gasteiger partial charge in [-0.25, -0.2) is 0 Å². The van der Waals surface area contributed by atoms with Crippen molar-refractivity contribution >= 4 is 11.8 Å². The van der Waals surface area contributed by atoms with Gasteiger partial charge in [0.25, 0.3) is 0 Å². The van der Waals surface area contributed by atoms with E-state index in [1.165, 1.54) is 11.1 Å². The lowest BCUT2D eigenvalue weighted by molar-refractivity contribution is 0.175. The van der Waals surface area contributed by atoms with Crippen LogP contribution in [0.4, 0.5) is 0 Å². The molecule has 0 aliphatic rings. The van der Waals surface area contributed by atoms with Crippen LogP contribution in [0.3, 0.4) is 0 Å². The average molecular weight is 258 g/mol. The molecule has 2 aromatic carbocycles. The van der Waals surface area contributed by atoms with Crippen LogP contribution in [0.5, 0.6) is 0 Å². The Balaban J connectivity index is 2.10. The molecular weight excluding hydrogens is 240 g/mol. The summed E-state index contributed by atoms with van der Waals surface area (Å²) in [6, 6.07) is 18.5. The summed E-state index contributed by atoms with van der Waals surface area (Å²) in [5.74, 6) is 0.988. The molecule has 0 spiro atoms. The van der Waals surface area contributed by atoms with E-state index in [4.69, 9.17) is 0 Å². The van der Waals surface area contributed by atoms with Crippen LogP contribution >= 0.6 is 11.8 Å². The number of rotatable bonds is 5. The molecule has 0 saturated heterocycles. The molecule has 1 N–H and O–H groups in total. The van der Waals surface area contributed by atoms with Crippen LogP contribution in [0.2, 0.25) is 0 Å². The van der Waals surface area contributed by atoms with E-state index >= 15 is 0 Å². The zero-order chi connectivity index (χ0) is 12.8. The summed E-state index contributed by atoms with van der Waals surface area (Å²) >= 11 is 1.76. The SMILES string of the molecule is CSCCC(O)c1ccc(-c2ccccc2)cc1. The Bertz CT molecular complexity index is 464. The first-order valence-corrected chi connectivity index (χ1v) is 7.53. The van der Waals surface area contributed by atoms with E-state index in [2.05, 4.69) is 30.5 Å². The summed E-state index contributed by atoms with van der Waals surface area (Å²) in [5, 5.41) is 10.00. The number of aliphatic hydroxyl groups is 1. The summed E-state index contributed by atoms with van der Waals surface area (Å²) in [5.41, 5.74) is 3.41. The van der Waals surface area contributed by atoms with Crippen LogP contribution < -0.4 is 0 Å². The molecule has 0 aliphatic heterocycles. The molecule has 0 radical (unpaired) electrons. The maximum absolute atomic E-state index is 10.00. The van der Waals surface area contributed by atoms with Gasteiger partial charge in [-0.1, -0.05) is 54.6 Å². The van der Waals surface area contributed by atoms with Crippen molar-refractivity contribution in [2.24, 2.45) is 0 Å². The average Bonchev–Trinajstić information content (AvgIpc) is 2.46. The standard InChI is InChI=1S/C16H18OS/c1-18-12-11-16(17)15-9-7-14(8-10-15)13-5-3-2-4-6-13/h2-10,16-17H,11-12H2,1H3. The Morgan fingerprint density at radius 3 is 2.17 bits per heavy atom. The van der Waals surface area contributed by atoms with Gasteiger partial charge in [0.1, 0.15) is 0 Å². The number of aliphatic hydroxyl groups excluding tert-OH is 1. The van der Waals surface area contributed by atoms with Gasteiger partial charge < -0.3 is 5.11 Å². The minimum absolute atomic E-state index is 0.345.